The minimum absolute atomic E-state index is 0.0661. The standard InChI is InChI=1S/C15H22N2O/c1-12-8-9-17(10-12)11-13-4-6-14(7-5-13)15(18)16(2)3/h4-7,12H,8-11H2,1-3H3/t12-/m1/s1. The van der Waals surface area contributed by atoms with Gasteiger partial charge in [0.25, 0.3) is 5.91 Å². The molecule has 1 aliphatic rings. The van der Waals surface area contributed by atoms with Crippen molar-refractivity contribution in [2.45, 2.75) is 19.9 Å². The Labute approximate surface area is 109 Å². The van der Waals surface area contributed by atoms with Crippen molar-refractivity contribution >= 4 is 5.91 Å². The van der Waals surface area contributed by atoms with E-state index < -0.39 is 0 Å². The van der Waals surface area contributed by atoms with Gasteiger partial charge in [0.1, 0.15) is 0 Å². The summed E-state index contributed by atoms with van der Waals surface area (Å²) in [7, 11) is 3.56. The number of carbonyl (C=O) groups is 1. The van der Waals surface area contributed by atoms with Crippen LogP contribution in [-0.2, 0) is 6.54 Å². The first kappa shape index (κ1) is 13.1. The van der Waals surface area contributed by atoms with E-state index in [9.17, 15) is 4.79 Å². The second-order valence-corrected chi connectivity index (χ2v) is 5.53. The van der Waals surface area contributed by atoms with E-state index in [1.54, 1.807) is 19.0 Å². The smallest absolute Gasteiger partial charge is 0.253 e. The van der Waals surface area contributed by atoms with Gasteiger partial charge < -0.3 is 4.90 Å². The minimum Gasteiger partial charge on any atom is -0.345 e. The molecule has 1 aliphatic heterocycles. The molecule has 1 fully saturated rings. The molecule has 0 N–H and O–H groups in total. The Morgan fingerprint density at radius 3 is 2.50 bits per heavy atom. The van der Waals surface area contributed by atoms with E-state index in [-0.39, 0.29) is 5.91 Å². The fourth-order valence-corrected chi connectivity index (χ4v) is 2.44. The molecule has 0 radical (unpaired) electrons. The molecule has 3 nitrogen and oxygen atoms in total. The lowest BCUT2D eigenvalue weighted by Crippen LogP contribution is -2.22. The molecule has 1 saturated heterocycles. The van der Waals surface area contributed by atoms with Gasteiger partial charge in [-0.15, -0.1) is 0 Å². The summed E-state index contributed by atoms with van der Waals surface area (Å²) < 4.78 is 0. The second kappa shape index (κ2) is 5.53. The summed E-state index contributed by atoms with van der Waals surface area (Å²) in [6.45, 7) is 5.69. The summed E-state index contributed by atoms with van der Waals surface area (Å²) in [4.78, 5) is 15.8. The average Bonchev–Trinajstić information content (AvgIpc) is 2.75. The summed E-state index contributed by atoms with van der Waals surface area (Å²) in [6.07, 6.45) is 1.30. The zero-order valence-corrected chi connectivity index (χ0v) is 11.5. The van der Waals surface area contributed by atoms with E-state index >= 15 is 0 Å². The van der Waals surface area contributed by atoms with Crippen LogP contribution in [0.4, 0.5) is 0 Å². The van der Waals surface area contributed by atoms with Crippen molar-refractivity contribution in [3.8, 4) is 0 Å². The summed E-state index contributed by atoms with van der Waals surface area (Å²) in [5.74, 6) is 0.885. The molecule has 1 atom stereocenters. The summed E-state index contributed by atoms with van der Waals surface area (Å²) in [5.41, 5.74) is 2.05. The maximum Gasteiger partial charge on any atom is 0.253 e. The number of hydrogen-bond donors (Lipinski definition) is 0. The lowest BCUT2D eigenvalue weighted by Gasteiger charge is -2.16. The molecule has 2 rings (SSSR count). The molecule has 0 bridgehead atoms. The Kier molecular flexibility index (Phi) is 4.02. The first-order valence-corrected chi connectivity index (χ1v) is 6.59. The van der Waals surface area contributed by atoms with Crippen molar-refractivity contribution in [1.29, 1.82) is 0 Å². The number of nitrogens with zero attached hydrogens (tertiary/aromatic N) is 2. The molecule has 0 aromatic heterocycles. The summed E-state index contributed by atoms with van der Waals surface area (Å²) >= 11 is 0. The molecule has 1 aromatic rings. The molecule has 1 amide bonds. The lowest BCUT2D eigenvalue weighted by atomic mass is 10.1. The molecular weight excluding hydrogens is 224 g/mol. The van der Waals surface area contributed by atoms with Crippen LogP contribution >= 0.6 is 0 Å². The normalized spacial score (nSPS) is 20.1. The Hall–Kier alpha value is -1.35. The Morgan fingerprint density at radius 1 is 1.33 bits per heavy atom. The molecule has 3 heteroatoms. The van der Waals surface area contributed by atoms with Crippen LogP contribution in [0, 0.1) is 5.92 Å². The van der Waals surface area contributed by atoms with Crippen LogP contribution in [0.3, 0.4) is 0 Å². The largest absolute Gasteiger partial charge is 0.345 e. The Balaban J connectivity index is 1.97. The van der Waals surface area contributed by atoms with Crippen LogP contribution in [0.5, 0.6) is 0 Å². The molecule has 98 valence electrons. The highest BCUT2D eigenvalue weighted by Gasteiger charge is 2.18. The highest BCUT2D eigenvalue weighted by atomic mass is 16.2. The Morgan fingerprint density at radius 2 is 2.00 bits per heavy atom. The monoisotopic (exact) mass is 246 g/mol. The van der Waals surface area contributed by atoms with Gasteiger partial charge >= 0.3 is 0 Å². The fraction of sp³-hybridized carbons (Fsp3) is 0.533. The van der Waals surface area contributed by atoms with E-state index in [0.717, 1.165) is 18.0 Å². The quantitative estimate of drug-likeness (QED) is 0.816. The van der Waals surface area contributed by atoms with Crippen LogP contribution in [0.2, 0.25) is 0 Å². The molecular formula is C15H22N2O. The van der Waals surface area contributed by atoms with Gasteiger partial charge in [0.2, 0.25) is 0 Å². The predicted molar refractivity (Wildman–Crippen MR) is 73.5 cm³/mol. The van der Waals surface area contributed by atoms with Crippen LogP contribution in [0.25, 0.3) is 0 Å². The third kappa shape index (κ3) is 3.10. The van der Waals surface area contributed by atoms with E-state index in [2.05, 4.69) is 24.0 Å². The zero-order valence-electron chi connectivity index (χ0n) is 11.5. The number of likely N-dealkylation sites (tertiary alicyclic amines) is 1. The van der Waals surface area contributed by atoms with Crippen molar-refractivity contribution in [3.05, 3.63) is 35.4 Å². The van der Waals surface area contributed by atoms with Gasteiger partial charge in [-0.2, -0.15) is 0 Å². The number of amides is 1. The van der Waals surface area contributed by atoms with Crippen LogP contribution in [0.15, 0.2) is 24.3 Å². The Bertz CT molecular complexity index is 411. The van der Waals surface area contributed by atoms with Gasteiger partial charge in [0.05, 0.1) is 0 Å². The molecule has 1 aromatic carbocycles. The number of benzene rings is 1. The maximum absolute atomic E-state index is 11.8. The minimum atomic E-state index is 0.0661. The van der Waals surface area contributed by atoms with Crippen molar-refractivity contribution in [2.24, 2.45) is 5.92 Å². The number of rotatable bonds is 3. The molecule has 0 spiro atoms. The highest BCUT2D eigenvalue weighted by Crippen LogP contribution is 2.18. The highest BCUT2D eigenvalue weighted by molar-refractivity contribution is 5.93. The van der Waals surface area contributed by atoms with Gasteiger partial charge in [0.15, 0.2) is 0 Å². The van der Waals surface area contributed by atoms with Crippen LogP contribution < -0.4 is 0 Å². The van der Waals surface area contributed by atoms with Crippen molar-refractivity contribution < 1.29 is 4.79 Å². The maximum atomic E-state index is 11.8. The number of carbonyl (C=O) groups excluding carboxylic acids is 1. The van der Waals surface area contributed by atoms with Gasteiger partial charge in [-0.25, -0.2) is 0 Å². The van der Waals surface area contributed by atoms with E-state index in [1.807, 2.05) is 12.1 Å². The molecule has 1 heterocycles. The number of hydrogen-bond acceptors (Lipinski definition) is 2. The van der Waals surface area contributed by atoms with Gasteiger partial charge in [-0.05, 0) is 36.6 Å². The zero-order chi connectivity index (χ0) is 13.1. The van der Waals surface area contributed by atoms with Crippen molar-refractivity contribution in [1.82, 2.24) is 9.80 Å². The first-order chi connectivity index (χ1) is 8.56. The van der Waals surface area contributed by atoms with E-state index in [1.165, 1.54) is 25.1 Å². The third-order valence-corrected chi connectivity index (χ3v) is 3.52. The molecule has 0 saturated carbocycles. The lowest BCUT2D eigenvalue weighted by molar-refractivity contribution is 0.0827. The third-order valence-electron chi connectivity index (χ3n) is 3.52. The molecule has 18 heavy (non-hydrogen) atoms. The van der Waals surface area contributed by atoms with Crippen molar-refractivity contribution in [3.63, 3.8) is 0 Å². The van der Waals surface area contributed by atoms with Crippen LogP contribution in [0.1, 0.15) is 29.3 Å². The SMILES string of the molecule is C[C@@H]1CCN(Cc2ccc(C(=O)N(C)C)cc2)C1. The predicted octanol–water partition coefficient (Wildman–Crippen LogP) is 2.23. The summed E-state index contributed by atoms with van der Waals surface area (Å²) in [5, 5.41) is 0. The van der Waals surface area contributed by atoms with E-state index in [0.29, 0.717) is 0 Å². The van der Waals surface area contributed by atoms with Gasteiger partial charge in [-0.1, -0.05) is 19.1 Å². The van der Waals surface area contributed by atoms with Gasteiger partial charge in [-0.3, -0.25) is 9.69 Å². The van der Waals surface area contributed by atoms with Crippen LogP contribution in [-0.4, -0.2) is 42.9 Å². The molecule has 0 aliphatic carbocycles. The topological polar surface area (TPSA) is 23.6 Å². The fourth-order valence-electron chi connectivity index (χ4n) is 2.44. The van der Waals surface area contributed by atoms with Gasteiger partial charge in [0, 0.05) is 32.7 Å². The molecule has 0 unspecified atom stereocenters. The van der Waals surface area contributed by atoms with E-state index in [4.69, 9.17) is 0 Å². The first-order valence-electron chi connectivity index (χ1n) is 6.59. The average molecular weight is 246 g/mol. The second-order valence-electron chi connectivity index (χ2n) is 5.53. The van der Waals surface area contributed by atoms with Crippen molar-refractivity contribution in [2.75, 3.05) is 27.2 Å². The summed E-state index contributed by atoms with van der Waals surface area (Å²) in [6, 6.07) is 7.99.